The van der Waals surface area contributed by atoms with Crippen molar-refractivity contribution in [3.8, 4) is 11.4 Å². The molecule has 0 radical (unpaired) electrons. The van der Waals surface area contributed by atoms with Crippen molar-refractivity contribution in [1.82, 2.24) is 19.7 Å². The van der Waals surface area contributed by atoms with Gasteiger partial charge in [0, 0.05) is 18.6 Å². The van der Waals surface area contributed by atoms with Crippen LogP contribution in [0.15, 0.2) is 30.5 Å². The molecule has 2 aromatic heterocycles. The lowest BCUT2D eigenvalue weighted by molar-refractivity contribution is 0.626. The van der Waals surface area contributed by atoms with Gasteiger partial charge in [0.15, 0.2) is 0 Å². The molecule has 0 bridgehead atoms. The Morgan fingerprint density at radius 3 is 2.89 bits per heavy atom. The van der Waals surface area contributed by atoms with Crippen LogP contribution in [0.3, 0.4) is 0 Å². The molecule has 0 aliphatic rings. The third-order valence-corrected chi connectivity index (χ3v) is 2.87. The monoisotopic (exact) mass is 262 g/mol. The molecule has 0 fully saturated rings. The van der Waals surface area contributed by atoms with Gasteiger partial charge in [-0.05, 0) is 23.7 Å². The van der Waals surface area contributed by atoms with Gasteiger partial charge in [-0.15, -0.1) is 0 Å². The second-order valence-electron chi connectivity index (χ2n) is 3.82. The molecule has 90 valence electrons. The molecule has 1 aromatic carbocycles. The minimum Gasteiger partial charge on any atom is -0.264 e. The fraction of sp³-hybridized carbons (Fsp3) is 0.0833. The third kappa shape index (κ3) is 1.64. The summed E-state index contributed by atoms with van der Waals surface area (Å²) in [5, 5.41) is 5.13. The quantitative estimate of drug-likeness (QED) is 0.634. The Morgan fingerprint density at radius 1 is 1.28 bits per heavy atom. The maximum Gasteiger partial charge on any atom is 0.222 e. The summed E-state index contributed by atoms with van der Waals surface area (Å²) in [6.45, 7) is 0. The van der Waals surface area contributed by atoms with Crippen molar-refractivity contribution in [3.63, 3.8) is 0 Å². The first-order valence-electron chi connectivity index (χ1n) is 5.27. The van der Waals surface area contributed by atoms with Gasteiger partial charge in [-0.1, -0.05) is 12.1 Å². The topological polar surface area (TPSA) is 43.6 Å². The Bertz CT molecular complexity index is 738. The van der Waals surface area contributed by atoms with E-state index in [1.54, 1.807) is 31.4 Å². The highest BCUT2D eigenvalue weighted by Gasteiger charge is 2.14. The molecule has 0 atom stereocenters. The predicted octanol–water partition coefficient (Wildman–Crippen LogP) is 2.82. The van der Waals surface area contributed by atoms with E-state index in [-0.39, 0.29) is 11.1 Å². The van der Waals surface area contributed by atoms with Gasteiger partial charge in [-0.2, -0.15) is 5.10 Å². The van der Waals surface area contributed by atoms with Gasteiger partial charge in [0.2, 0.25) is 5.28 Å². The highest BCUT2D eigenvalue weighted by molar-refractivity contribution is 6.28. The van der Waals surface area contributed by atoms with Crippen LogP contribution in [0.5, 0.6) is 0 Å². The van der Waals surface area contributed by atoms with Crippen LogP contribution in [0, 0.1) is 5.82 Å². The first-order chi connectivity index (χ1) is 8.66. The Morgan fingerprint density at radius 2 is 2.11 bits per heavy atom. The molecule has 6 heteroatoms. The maximum absolute atomic E-state index is 13.7. The van der Waals surface area contributed by atoms with Crippen molar-refractivity contribution in [1.29, 1.82) is 0 Å². The summed E-state index contributed by atoms with van der Waals surface area (Å²) in [6, 6.07) is 6.54. The average molecular weight is 263 g/mol. The van der Waals surface area contributed by atoms with Crippen LogP contribution in [-0.2, 0) is 7.05 Å². The Kier molecular flexibility index (Phi) is 2.48. The summed E-state index contributed by atoms with van der Waals surface area (Å²) in [6.07, 6.45) is 1.55. The summed E-state index contributed by atoms with van der Waals surface area (Å²) in [5.74, 6) is -0.311. The number of hydrogen-bond acceptors (Lipinski definition) is 3. The van der Waals surface area contributed by atoms with Crippen LogP contribution >= 0.6 is 11.6 Å². The van der Waals surface area contributed by atoms with E-state index < -0.39 is 0 Å². The van der Waals surface area contributed by atoms with Crippen LogP contribution in [0.25, 0.3) is 22.3 Å². The number of para-hydroxylation sites is 1. The van der Waals surface area contributed by atoms with Crippen LogP contribution in [0.4, 0.5) is 4.39 Å². The minimum absolute atomic E-state index is 0.141. The summed E-state index contributed by atoms with van der Waals surface area (Å²) in [4.78, 5) is 7.91. The Hall–Kier alpha value is -2.01. The summed E-state index contributed by atoms with van der Waals surface area (Å²) in [5.41, 5.74) is 1.62. The molecule has 0 saturated heterocycles. The minimum atomic E-state index is -0.311. The van der Waals surface area contributed by atoms with Gasteiger partial charge in [-0.25, -0.2) is 14.4 Å². The Labute approximate surface area is 107 Å². The van der Waals surface area contributed by atoms with Crippen molar-refractivity contribution >= 4 is 22.5 Å². The molecule has 0 spiro atoms. The first-order valence-corrected chi connectivity index (χ1v) is 5.65. The predicted molar refractivity (Wildman–Crippen MR) is 66.7 cm³/mol. The zero-order valence-electron chi connectivity index (χ0n) is 9.43. The lowest BCUT2D eigenvalue weighted by Crippen LogP contribution is -1.92. The van der Waals surface area contributed by atoms with Gasteiger partial charge in [-0.3, -0.25) is 4.68 Å². The van der Waals surface area contributed by atoms with Gasteiger partial charge < -0.3 is 0 Å². The van der Waals surface area contributed by atoms with Crippen LogP contribution < -0.4 is 0 Å². The van der Waals surface area contributed by atoms with E-state index in [1.165, 1.54) is 10.7 Å². The molecule has 0 amide bonds. The largest absolute Gasteiger partial charge is 0.264 e. The summed E-state index contributed by atoms with van der Waals surface area (Å²) >= 11 is 5.75. The summed E-state index contributed by atoms with van der Waals surface area (Å²) in [7, 11) is 1.69. The van der Waals surface area contributed by atoms with Crippen molar-refractivity contribution in [3.05, 3.63) is 41.6 Å². The van der Waals surface area contributed by atoms with Gasteiger partial charge in [0.25, 0.3) is 0 Å². The fourth-order valence-electron chi connectivity index (χ4n) is 1.95. The van der Waals surface area contributed by atoms with Crippen molar-refractivity contribution in [2.75, 3.05) is 0 Å². The highest BCUT2D eigenvalue weighted by atomic mass is 35.5. The molecule has 18 heavy (non-hydrogen) atoms. The molecular formula is C12H8ClFN4. The molecule has 2 heterocycles. The number of hydrogen-bond donors (Lipinski definition) is 0. The van der Waals surface area contributed by atoms with Gasteiger partial charge >= 0.3 is 0 Å². The smallest absolute Gasteiger partial charge is 0.222 e. The van der Waals surface area contributed by atoms with Crippen molar-refractivity contribution in [2.45, 2.75) is 0 Å². The number of nitrogens with zero attached hydrogens (tertiary/aromatic N) is 4. The van der Waals surface area contributed by atoms with E-state index in [2.05, 4.69) is 15.1 Å². The SMILES string of the molecule is Cn1nc(-c2ccnc(Cl)n2)c2cccc(F)c21. The number of aromatic nitrogens is 4. The van der Waals surface area contributed by atoms with Crippen molar-refractivity contribution in [2.24, 2.45) is 7.05 Å². The number of rotatable bonds is 1. The number of halogens is 2. The standard InChI is InChI=1S/C12H8ClFN4/c1-18-11-7(3-2-4-8(11)14)10(17-18)9-5-6-15-12(13)16-9/h2-6H,1H3. The number of fused-ring (bicyclic) bond motifs is 1. The van der Waals surface area contributed by atoms with E-state index in [4.69, 9.17) is 11.6 Å². The van der Waals surface area contributed by atoms with Gasteiger partial charge in [0.05, 0.1) is 5.69 Å². The molecule has 0 saturated carbocycles. The lowest BCUT2D eigenvalue weighted by atomic mass is 10.1. The number of aryl methyl sites for hydroxylation is 1. The van der Waals surface area contributed by atoms with E-state index >= 15 is 0 Å². The van der Waals surface area contributed by atoms with E-state index in [0.717, 1.165) is 0 Å². The second-order valence-corrected chi connectivity index (χ2v) is 4.16. The van der Waals surface area contributed by atoms with Crippen LogP contribution in [-0.4, -0.2) is 19.7 Å². The second kappa shape index (κ2) is 4.03. The summed E-state index contributed by atoms with van der Waals surface area (Å²) < 4.78 is 15.2. The van der Waals surface area contributed by atoms with Crippen molar-refractivity contribution < 1.29 is 4.39 Å². The molecule has 0 aliphatic heterocycles. The fourth-order valence-corrected chi connectivity index (χ4v) is 2.09. The lowest BCUT2D eigenvalue weighted by Gasteiger charge is -1.97. The highest BCUT2D eigenvalue weighted by Crippen LogP contribution is 2.27. The molecule has 3 rings (SSSR count). The first kappa shape index (κ1) is 11.1. The molecule has 0 unspecified atom stereocenters. The van der Waals surface area contributed by atoms with Crippen LogP contribution in [0.1, 0.15) is 0 Å². The van der Waals surface area contributed by atoms with E-state index in [9.17, 15) is 4.39 Å². The normalized spacial score (nSPS) is 11.1. The molecule has 3 aromatic rings. The van der Waals surface area contributed by atoms with Gasteiger partial charge in [0.1, 0.15) is 17.0 Å². The maximum atomic E-state index is 13.7. The zero-order chi connectivity index (χ0) is 12.7. The molecule has 4 nitrogen and oxygen atoms in total. The zero-order valence-corrected chi connectivity index (χ0v) is 10.2. The molecule has 0 aliphatic carbocycles. The van der Waals surface area contributed by atoms with E-state index in [1.807, 2.05) is 0 Å². The number of benzene rings is 1. The molecule has 0 N–H and O–H groups in total. The van der Waals surface area contributed by atoms with Crippen LogP contribution in [0.2, 0.25) is 5.28 Å². The third-order valence-electron chi connectivity index (χ3n) is 2.68. The Balaban J connectivity index is 2.34. The van der Waals surface area contributed by atoms with E-state index in [0.29, 0.717) is 22.3 Å². The average Bonchev–Trinajstić information content (AvgIpc) is 2.68. The molecular weight excluding hydrogens is 255 g/mol.